The molecule has 0 aliphatic heterocycles. The molecule has 0 aromatic carbocycles. The van der Waals surface area contributed by atoms with E-state index in [-0.39, 0.29) is 36.4 Å². The first kappa shape index (κ1) is 52.7. The fourth-order valence-corrected chi connectivity index (χ4v) is 6.58. The zero-order valence-electron chi connectivity index (χ0n) is 32.4. The maximum atomic E-state index is 13.7. The van der Waals surface area contributed by atoms with Gasteiger partial charge in [-0.25, -0.2) is 0 Å². The minimum absolute atomic E-state index is 0.0529. The first-order valence-electron chi connectivity index (χ1n) is 16.6. The van der Waals surface area contributed by atoms with Gasteiger partial charge in [-0.2, -0.15) is 0 Å². The number of ketones is 3. The van der Waals surface area contributed by atoms with Crippen LogP contribution in [-0.2, 0) is 77.8 Å². The summed E-state index contributed by atoms with van der Waals surface area (Å²) in [6, 6.07) is -0.317. The minimum atomic E-state index is -5.60. The summed E-state index contributed by atoms with van der Waals surface area (Å²) in [4.78, 5) is 46.1. The molecule has 0 fully saturated rings. The van der Waals surface area contributed by atoms with Crippen LogP contribution in [0.15, 0.2) is 53.7 Å². The van der Waals surface area contributed by atoms with Crippen molar-refractivity contribution in [3.8, 4) is 0 Å². The summed E-state index contributed by atoms with van der Waals surface area (Å²) in [6.45, 7) is 3.69. The number of pyridine rings is 3. The zero-order chi connectivity index (χ0) is 49.5. The molecule has 0 radical (unpaired) electrons. The van der Waals surface area contributed by atoms with Crippen LogP contribution in [0.5, 0.6) is 0 Å². The van der Waals surface area contributed by atoms with Crippen molar-refractivity contribution in [2.24, 2.45) is 0 Å². The Morgan fingerprint density at radius 3 is 0.641 bits per heavy atom. The molecule has 0 spiro atoms. The average molecular weight is 992 g/mol. The van der Waals surface area contributed by atoms with Crippen LogP contribution >= 0.6 is 0 Å². The standard InChI is InChI=1S/3C12H9F6NO2.Fe/c3*1-5(20)10(6(2)21)7-3-8(11(13,14)15)19-9(4-7)12(16,17)18;/h3*3-4,20H,1-2H3;/q;;;+3/p-3/b3*10-5+;. The van der Waals surface area contributed by atoms with Crippen molar-refractivity contribution in [1.29, 1.82) is 0 Å². The number of carbonyl (C=O) groups is 3. The molecule has 3 aromatic heterocycles. The van der Waals surface area contributed by atoms with Gasteiger partial charge < -0.3 is 0 Å². The first-order chi connectivity index (χ1) is 28.7. The van der Waals surface area contributed by atoms with Gasteiger partial charge in [0, 0.05) is 0 Å². The van der Waals surface area contributed by atoms with Crippen molar-refractivity contribution < 1.29 is 120 Å². The van der Waals surface area contributed by atoms with Crippen LogP contribution in [0.4, 0.5) is 79.0 Å². The van der Waals surface area contributed by atoms with E-state index in [9.17, 15) is 93.4 Å². The monoisotopic (exact) mass is 992 g/mol. The van der Waals surface area contributed by atoms with Gasteiger partial charge in [-0.1, -0.05) is 0 Å². The molecule has 0 amide bonds. The quantitative estimate of drug-likeness (QED) is 0.0756. The molecule has 3 rings (SSSR count). The van der Waals surface area contributed by atoms with E-state index in [1.54, 1.807) is 0 Å². The van der Waals surface area contributed by atoms with E-state index >= 15 is 0 Å². The molecule has 3 aromatic rings. The normalized spacial score (nSPS) is 14.5. The SMILES string of the molecule is CC(=O)/C(=C(/C)[O][Fe]([O]/C(C)=C(\C(C)=O)c1cc(C(F)(F)F)nc(C(F)(F)F)c1)[O]/C(C)=C(\C(C)=O)c1cc(C(F)(F)F)nc(C(F)(F)F)c1)c1cc(C(F)(F)F)nc(C(F)(F)F)c1. The van der Waals surface area contributed by atoms with Crippen LogP contribution in [0.3, 0.4) is 0 Å². The summed E-state index contributed by atoms with van der Waals surface area (Å²) >= 11 is -4.07. The molecule has 9 nitrogen and oxygen atoms in total. The van der Waals surface area contributed by atoms with Crippen molar-refractivity contribution in [2.75, 3.05) is 0 Å². The number of Topliss-reactive ketones (excluding diaryl/α,β-unsaturated/α-hetero) is 3. The first-order valence-corrected chi connectivity index (χ1v) is 18.0. The van der Waals surface area contributed by atoms with Crippen LogP contribution in [0.2, 0.25) is 0 Å². The van der Waals surface area contributed by atoms with Gasteiger partial charge in [-0.05, 0) is 0 Å². The third-order valence-corrected chi connectivity index (χ3v) is 9.26. The number of aromatic nitrogens is 3. The Bertz CT molecular complexity index is 2060. The van der Waals surface area contributed by atoms with Crippen molar-refractivity contribution >= 4 is 34.1 Å². The Labute approximate surface area is 351 Å². The number of nitrogens with zero attached hydrogens (tertiary/aromatic N) is 3. The number of halogens is 18. The van der Waals surface area contributed by atoms with E-state index in [4.69, 9.17) is 11.5 Å². The van der Waals surface area contributed by atoms with E-state index in [2.05, 4.69) is 15.0 Å². The number of alkyl halides is 18. The molecule has 3 heterocycles. The predicted molar refractivity (Wildman–Crippen MR) is 176 cm³/mol. The molecule has 64 heavy (non-hydrogen) atoms. The second-order valence-electron chi connectivity index (χ2n) is 12.7. The topological polar surface area (TPSA) is 118 Å². The van der Waals surface area contributed by atoms with Gasteiger partial charge >= 0.3 is 352 Å². The Morgan fingerprint density at radius 2 is 0.516 bits per heavy atom. The van der Waals surface area contributed by atoms with E-state index in [0.29, 0.717) is 41.5 Å². The van der Waals surface area contributed by atoms with E-state index in [0.717, 1.165) is 0 Å². The van der Waals surface area contributed by atoms with Gasteiger partial charge in [-0.15, -0.1) is 0 Å². The summed E-state index contributed by atoms with van der Waals surface area (Å²) in [5.74, 6) is -7.37. The van der Waals surface area contributed by atoms with E-state index in [1.165, 1.54) is 0 Å². The van der Waals surface area contributed by atoms with Crippen molar-refractivity contribution in [3.63, 3.8) is 0 Å². The zero-order valence-corrected chi connectivity index (χ0v) is 33.5. The van der Waals surface area contributed by atoms with E-state index < -0.39 is 154 Å². The summed E-state index contributed by atoms with van der Waals surface area (Å²) < 4.78 is 263. The Balaban J connectivity index is 2.48. The fraction of sp³-hybridized carbons (Fsp3) is 0.333. The van der Waals surface area contributed by atoms with E-state index in [1.807, 2.05) is 0 Å². The Hall–Kier alpha value is -5.66. The maximum absolute atomic E-state index is 13.7. The van der Waals surface area contributed by atoms with Gasteiger partial charge in [0.05, 0.1) is 0 Å². The summed E-state index contributed by atoms with van der Waals surface area (Å²) in [7, 11) is 0. The molecule has 0 unspecified atom stereocenters. The van der Waals surface area contributed by atoms with Gasteiger partial charge in [-0.3, -0.25) is 0 Å². The van der Waals surface area contributed by atoms with Crippen LogP contribution in [0.25, 0.3) is 16.7 Å². The molecule has 353 valence electrons. The summed E-state index contributed by atoms with van der Waals surface area (Å²) in [5, 5.41) is 0. The Morgan fingerprint density at radius 1 is 0.359 bits per heavy atom. The van der Waals surface area contributed by atoms with Crippen molar-refractivity contribution in [3.05, 3.63) is 105 Å². The van der Waals surface area contributed by atoms with Crippen LogP contribution < -0.4 is 0 Å². The molecular formula is C36H24F18FeN3O6. The second-order valence-corrected chi connectivity index (χ2v) is 13.9. The molecule has 0 aliphatic carbocycles. The van der Waals surface area contributed by atoms with Crippen LogP contribution in [-0.4, -0.2) is 32.3 Å². The molecule has 0 bridgehead atoms. The third kappa shape index (κ3) is 13.2. The molecule has 0 atom stereocenters. The Kier molecular flexibility index (Phi) is 15.2. The van der Waals surface area contributed by atoms with Crippen molar-refractivity contribution in [1.82, 2.24) is 15.0 Å². The van der Waals surface area contributed by atoms with Gasteiger partial charge in [0.15, 0.2) is 0 Å². The van der Waals surface area contributed by atoms with Crippen LogP contribution in [0, 0.1) is 0 Å². The average Bonchev–Trinajstić information content (AvgIpc) is 3.08. The molecule has 0 saturated carbocycles. The van der Waals surface area contributed by atoms with Gasteiger partial charge in [0.1, 0.15) is 0 Å². The number of allylic oxidation sites excluding steroid dienone is 6. The summed E-state index contributed by atoms with van der Waals surface area (Å²) in [5.41, 5.74) is -20.4. The number of hydrogen-bond acceptors (Lipinski definition) is 9. The molecule has 28 heteroatoms. The second kappa shape index (κ2) is 18.4. The third-order valence-electron chi connectivity index (χ3n) is 7.70. The number of carbonyl (C=O) groups excluding carboxylic acids is 3. The molecule has 0 saturated heterocycles. The molecule has 0 N–H and O–H groups in total. The molecule has 0 aliphatic rings. The predicted octanol–water partition coefficient (Wildman–Crippen LogP) is 11.8. The van der Waals surface area contributed by atoms with Crippen LogP contribution in [0.1, 0.15) is 92.4 Å². The molecular weight excluding hydrogens is 968 g/mol. The van der Waals surface area contributed by atoms with Crippen molar-refractivity contribution in [2.45, 2.75) is 78.6 Å². The summed E-state index contributed by atoms with van der Waals surface area (Å²) in [6.07, 6.45) is -33.6. The number of hydrogen-bond donors (Lipinski definition) is 0. The van der Waals surface area contributed by atoms with Gasteiger partial charge in [0.25, 0.3) is 0 Å². The fourth-order valence-electron chi connectivity index (χ4n) is 5.28. The van der Waals surface area contributed by atoms with Gasteiger partial charge in [0.2, 0.25) is 0 Å². The number of rotatable bonds is 12.